The first kappa shape index (κ1) is 14.0. The SMILES string of the molecule is CN1CCOC(c2noc(C3(CN)CCCCC3)n2)C1. The van der Waals surface area contributed by atoms with Gasteiger partial charge in [-0.3, -0.25) is 0 Å². The first-order valence-electron chi connectivity index (χ1n) is 7.58. The van der Waals surface area contributed by atoms with Crippen molar-refractivity contribution in [3.05, 3.63) is 11.7 Å². The van der Waals surface area contributed by atoms with Crippen LogP contribution in [0.15, 0.2) is 4.52 Å². The third-order valence-corrected chi connectivity index (χ3v) is 4.65. The Bertz CT molecular complexity index is 442. The molecule has 1 aromatic heterocycles. The topological polar surface area (TPSA) is 77.4 Å². The van der Waals surface area contributed by atoms with E-state index in [0.29, 0.717) is 24.9 Å². The van der Waals surface area contributed by atoms with Crippen LogP contribution in [0.4, 0.5) is 0 Å². The summed E-state index contributed by atoms with van der Waals surface area (Å²) in [4.78, 5) is 6.85. The Kier molecular flexibility index (Phi) is 4.05. The lowest BCUT2D eigenvalue weighted by Gasteiger charge is -2.32. The van der Waals surface area contributed by atoms with Crippen molar-refractivity contribution in [1.29, 1.82) is 0 Å². The van der Waals surface area contributed by atoms with Crippen LogP contribution in [0.3, 0.4) is 0 Å². The first-order valence-corrected chi connectivity index (χ1v) is 7.58. The second-order valence-corrected chi connectivity index (χ2v) is 6.12. The van der Waals surface area contributed by atoms with E-state index in [0.717, 1.165) is 25.9 Å². The normalized spacial score (nSPS) is 27.6. The molecule has 1 aliphatic heterocycles. The van der Waals surface area contributed by atoms with Gasteiger partial charge >= 0.3 is 0 Å². The van der Waals surface area contributed by atoms with Gasteiger partial charge in [-0.25, -0.2) is 0 Å². The van der Waals surface area contributed by atoms with Gasteiger partial charge < -0.3 is 19.9 Å². The molecule has 0 spiro atoms. The molecule has 1 aromatic rings. The number of ether oxygens (including phenoxy) is 1. The van der Waals surface area contributed by atoms with Gasteiger partial charge in [0, 0.05) is 19.6 Å². The third kappa shape index (κ3) is 2.60. The second-order valence-electron chi connectivity index (χ2n) is 6.12. The number of nitrogens with zero attached hydrogens (tertiary/aromatic N) is 3. The van der Waals surface area contributed by atoms with Crippen LogP contribution in [0.1, 0.15) is 49.9 Å². The predicted octanol–water partition coefficient (Wildman–Crippen LogP) is 1.23. The van der Waals surface area contributed by atoms with Crippen molar-refractivity contribution >= 4 is 0 Å². The van der Waals surface area contributed by atoms with E-state index in [1.807, 2.05) is 0 Å². The van der Waals surface area contributed by atoms with E-state index in [1.54, 1.807) is 0 Å². The van der Waals surface area contributed by atoms with Crippen LogP contribution in [0, 0.1) is 0 Å². The maximum absolute atomic E-state index is 6.01. The standard InChI is InChI=1S/C14H24N4O2/c1-18-7-8-19-11(9-18)12-16-13(20-17-12)14(10-15)5-3-2-4-6-14/h11H,2-10,15H2,1H3. The quantitative estimate of drug-likeness (QED) is 0.897. The highest BCUT2D eigenvalue weighted by molar-refractivity contribution is 5.09. The average Bonchev–Trinajstić information content (AvgIpc) is 2.98. The summed E-state index contributed by atoms with van der Waals surface area (Å²) in [6.07, 6.45) is 5.69. The lowest BCUT2D eigenvalue weighted by molar-refractivity contribution is -0.0264. The van der Waals surface area contributed by atoms with Crippen molar-refractivity contribution in [2.24, 2.45) is 5.73 Å². The van der Waals surface area contributed by atoms with Gasteiger partial charge in [0.25, 0.3) is 0 Å². The minimum absolute atomic E-state index is 0.0790. The zero-order valence-corrected chi connectivity index (χ0v) is 12.2. The van der Waals surface area contributed by atoms with Gasteiger partial charge in [0.05, 0.1) is 12.0 Å². The molecule has 1 unspecified atom stereocenters. The summed E-state index contributed by atoms with van der Waals surface area (Å²) in [5.41, 5.74) is 5.91. The maximum atomic E-state index is 6.01. The molecule has 0 bridgehead atoms. The van der Waals surface area contributed by atoms with Gasteiger partial charge in [0.2, 0.25) is 11.7 Å². The van der Waals surface area contributed by atoms with Gasteiger partial charge in [-0.05, 0) is 19.9 Å². The van der Waals surface area contributed by atoms with Crippen LogP contribution < -0.4 is 5.73 Å². The highest BCUT2D eigenvalue weighted by Crippen LogP contribution is 2.38. The van der Waals surface area contributed by atoms with Crippen molar-refractivity contribution in [2.45, 2.75) is 43.6 Å². The van der Waals surface area contributed by atoms with Crippen LogP contribution in [0.5, 0.6) is 0 Å². The predicted molar refractivity (Wildman–Crippen MR) is 74.3 cm³/mol. The molecule has 1 aliphatic carbocycles. The maximum Gasteiger partial charge on any atom is 0.234 e. The second kappa shape index (κ2) is 5.79. The lowest BCUT2D eigenvalue weighted by Crippen LogP contribution is -2.38. The number of rotatable bonds is 3. The molecule has 1 saturated heterocycles. The Morgan fingerprint density at radius 2 is 2.15 bits per heavy atom. The smallest absolute Gasteiger partial charge is 0.234 e. The van der Waals surface area contributed by atoms with E-state index in [9.17, 15) is 0 Å². The highest BCUT2D eigenvalue weighted by atomic mass is 16.5. The molecule has 2 N–H and O–H groups in total. The summed E-state index contributed by atoms with van der Waals surface area (Å²) in [6, 6.07) is 0. The van der Waals surface area contributed by atoms with Gasteiger partial charge in [-0.2, -0.15) is 4.98 Å². The molecular weight excluding hydrogens is 256 g/mol. The molecule has 6 heteroatoms. The molecular formula is C14H24N4O2. The Morgan fingerprint density at radius 1 is 1.35 bits per heavy atom. The fourth-order valence-corrected chi connectivity index (χ4v) is 3.25. The molecule has 6 nitrogen and oxygen atoms in total. The first-order chi connectivity index (χ1) is 9.73. The number of hydrogen-bond donors (Lipinski definition) is 1. The summed E-state index contributed by atoms with van der Waals surface area (Å²) in [6.45, 7) is 3.07. The lowest BCUT2D eigenvalue weighted by atomic mass is 9.74. The van der Waals surface area contributed by atoms with Gasteiger partial charge in [0.15, 0.2) is 0 Å². The Morgan fingerprint density at radius 3 is 2.85 bits per heavy atom. The molecule has 1 atom stereocenters. The summed E-state index contributed by atoms with van der Waals surface area (Å²) < 4.78 is 11.3. The van der Waals surface area contributed by atoms with E-state index < -0.39 is 0 Å². The molecule has 2 aliphatic rings. The van der Waals surface area contributed by atoms with Crippen LogP contribution >= 0.6 is 0 Å². The average molecular weight is 280 g/mol. The third-order valence-electron chi connectivity index (χ3n) is 4.65. The molecule has 20 heavy (non-hydrogen) atoms. The van der Waals surface area contributed by atoms with E-state index in [2.05, 4.69) is 22.1 Å². The molecule has 3 rings (SSSR count). The monoisotopic (exact) mass is 280 g/mol. The fraction of sp³-hybridized carbons (Fsp3) is 0.857. The van der Waals surface area contributed by atoms with Gasteiger partial charge in [0.1, 0.15) is 6.10 Å². The van der Waals surface area contributed by atoms with E-state index in [1.165, 1.54) is 19.3 Å². The van der Waals surface area contributed by atoms with Crippen molar-refractivity contribution in [1.82, 2.24) is 15.0 Å². The van der Waals surface area contributed by atoms with E-state index >= 15 is 0 Å². The molecule has 2 fully saturated rings. The van der Waals surface area contributed by atoms with Crippen LogP contribution in [-0.4, -0.2) is 48.3 Å². The summed E-state index contributed by atoms with van der Waals surface area (Å²) in [5.74, 6) is 1.39. The zero-order valence-electron chi connectivity index (χ0n) is 12.2. The van der Waals surface area contributed by atoms with Crippen molar-refractivity contribution in [3.63, 3.8) is 0 Å². The molecule has 0 aromatic carbocycles. The van der Waals surface area contributed by atoms with Crippen molar-refractivity contribution in [3.8, 4) is 0 Å². The highest BCUT2D eigenvalue weighted by Gasteiger charge is 2.39. The Hall–Kier alpha value is -0.980. The van der Waals surface area contributed by atoms with Crippen LogP contribution in [0.25, 0.3) is 0 Å². The van der Waals surface area contributed by atoms with E-state index in [4.69, 9.17) is 15.0 Å². The zero-order chi connectivity index (χ0) is 14.0. The summed E-state index contributed by atoms with van der Waals surface area (Å²) in [7, 11) is 2.08. The largest absolute Gasteiger partial charge is 0.367 e. The van der Waals surface area contributed by atoms with Crippen LogP contribution in [-0.2, 0) is 10.2 Å². The van der Waals surface area contributed by atoms with Crippen molar-refractivity contribution in [2.75, 3.05) is 33.3 Å². The number of aromatic nitrogens is 2. The van der Waals surface area contributed by atoms with Gasteiger partial charge in [-0.1, -0.05) is 24.4 Å². The van der Waals surface area contributed by atoms with Crippen molar-refractivity contribution < 1.29 is 9.26 Å². The Balaban J connectivity index is 1.78. The Labute approximate surface area is 119 Å². The minimum atomic E-state index is -0.107. The minimum Gasteiger partial charge on any atom is -0.367 e. The summed E-state index contributed by atoms with van der Waals surface area (Å²) >= 11 is 0. The number of morpholine rings is 1. The summed E-state index contributed by atoms with van der Waals surface area (Å²) in [5, 5.41) is 4.15. The van der Waals surface area contributed by atoms with Gasteiger partial charge in [-0.15, -0.1) is 0 Å². The fourth-order valence-electron chi connectivity index (χ4n) is 3.25. The number of nitrogens with two attached hydrogens (primary N) is 1. The number of hydrogen-bond acceptors (Lipinski definition) is 6. The van der Waals surface area contributed by atoms with E-state index in [-0.39, 0.29) is 11.5 Å². The molecule has 0 amide bonds. The molecule has 0 radical (unpaired) electrons. The molecule has 1 saturated carbocycles. The molecule has 112 valence electrons. The molecule has 2 heterocycles. The van der Waals surface area contributed by atoms with Crippen LogP contribution in [0.2, 0.25) is 0 Å². The number of likely N-dealkylation sites (N-methyl/N-ethyl adjacent to an activating group) is 1.